The highest BCUT2D eigenvalue weighted by Gasteiger charge is 2.49. The van der Waals surface area contributed by atoms with Crippen molar-refractivity contribution in [2.24, 2.45) is 0 Å². The van der Waals surface area contributed by atoms with E-state index in [1.165, 1.54) is 16.7 Å². The maximum absolute atomic E-state index is 13.3. The number of rotatable bonds is 3. The molecule has 6 rings (SSSR count). The van der Waals surface area contributed by atoms with E-state index in [0.29, 0.717) is 12.1 Å². The number of nitrogens with one attached hydrogen (secondary N) is 1. The highest BCUT2D eigenvalue weighted by atomic mass is 19.4. The van der Waals surface area contributed by atoms with Crippen LogP contribution in [0, 0.1) is 0 Å². The number of amides is 2. The van der Waals surface area contributed by atoms with Crippen molar-refractivity contribution in [1.29, 1.82) is 0 Å². The molecule has 4 aromatic rings. The summed E-state index contributed by atoms with van der Waals surface area (Å²) in [4.78, 5) is 28.1. The molecule has 0 saturated carbocycles. The van der Waals surface area contributed by atoms with Gasteiger partial charge in [-0.25, -0.2) is 14.2 Å². The van der Waals surface area contributed by atoms with E-state index in [0.717, 1.165) is 27.8 Å². The summed E-state index contributed by atoms with van der Waals surface area (Å²) in [6, 6.07) is 19.9. The van der Waals surface area contributed by atoms with Gasteiger partial charge in [0.05, 0.1) is 29.0 Å². The van der Waals surface area contributed by atoms with Crippen molar-refractivity contribution >= 4 is 11.7 Å². The van der Waals surface area contributed by atoms with Gasteiger partial charge in [-0.3, -0.25) is 4.57 Å². The van der Waals surface area contributed by atoms with E-state index in [9.17, 15) is 27.9 Å². The molecule has 0 aliphatic carbocycles. The fourth-order valence-electron chi connectivity index (χ4n) is 5.37. The van der Waals surface area contributed by atoms with Gasteiger partial charge in [0.1, 0.15) is 5.69 Å². The normalized spacial score (nSPS) is 18.2. The van der Waals surface area contributed by atoms with Gasteiger partial charge in [0, 0.05) is 12.1 Å². The Morgan fingerprint density at radius 2 is 1.70 bits per heavy atom. The zero-order valence-corrected chi connectivity index (χ0v) is 19.3. The molecule has 1 unspecified atom stereocenters. The SMILES string of the molecule is O=C(Nc1ccccc1-c1ccccc1)N1CC2C[C@@H]1c1c(O)n(-c3cccc(C(F)(F)F)c3)c(=O)n12. The van der Waals surface area contributed by atoms with Crippen molar-refractivity contribution in [3.8, 4) is 22.7 Å². The van der Waals surface area contributed by atoms with Crippen LogP contribution >= 0.6 is 0 Å². The van der Waals surface area contributed by atoms with Crippen LogP contribution in [0.25, 0.3) is 16.8 Å². The summed E-state index contributed by atoms with van der Waals surface area (Å²) < 4.78 is 42.0. The second kappa shape index (κ2) is 8.29. The molecule has 2 N–H and O–H groups in total. The van der Waals surface area contributed by atoms with Crippen molar-refractivity contribution < 1.29 is 23.1 Å². The van der Waals surface area contributed by atoms with Gasteiger partial charge >= 0.3 is 17.9 Å². The third-order valence-corrected chi connectivity index (χ3v) is 7.00. The van der Waals surface area contributed by atoms with Crippen LogP contribution in [0.15, 0.2) is 83.7 Å². The fraction of sp³-hybridized carbons (Fsp3) is 0.185. The van der Waals surface area contributed by atoms with E-state index in [2.05, 4.69) is 5.32 Å². The third-order valence-electron chi connectivity index (χ3n) is 7.00. The van der Waals surface area contributed by atoms with Crippen molar-refractivity contribution in [3.63, 3.8) is 0 Å². The van der Waals surface area contributed by atoms with Gasteiger partial charge in [0.25, 0.3) is 0 Å². The topological polar surface area (TPSA) is 79.5 Å². The number of fused-ring (bicyclic) bond motifs is 5. The van der Waals surface area contributed by atoms with Crippen molar-refractivity contribution in [2.75, 3.05) is 11.9 Å². The van der Waals surface area contributed by atoms with Gasteiger partial charge in [0.2, 0.25) is 5.88 Å². The van der Waals surface area contributed by atoms with E-state index in [1.54, 1.807) is 11.0 Å². The minimum Gasteiger partial charge on any atom is -0.493 e. The van der Waals surface area contributed by atoms with Crippen LogP contribution in [0.1, 0.15) is 29.8 Å². The van der Waals surface area contributed by atoms with Gasteiger partial charge in [0.15, 0.2) is 0 Å². The highest BCUT2D eigenvalue weighted by Crippen LogP contribution is 2.49. The number of halogens is 3. The van der Waals surface area contributed by atoms with Gasteiger partial charge in [-0.1, -0.05) is 54.6 Å². The summed E-state index contributed by atoms with van der Waals surface area (Å²) in [5.74, 6) is -0.459. The molecule has 7 nitrogen and oxygen atoms in total. The van der Waals surface area contributed by atoms with Crippen LogP contribution in [0.2, 0.25) is 0 Å². The average Bonchev–Trinajstić information content (AvgIpc) is 3.56. The van der Waals surface area contributed by atoms with Crippen molar-refractivity contribution in [1.82, 2.24) is 14.0 Å². The molecule has 3 aromatic carbocycles. The van der Waals surface area contributed by atoms with Crippen LogP contribution < -0.4 is 11.0 Å². The number of aromatic nitrogens is 2. The Balaban J connectivity index is 1.32. The minimum absolute atomic E-state index is 0.0913. The molecule has 2 bridgehead atoms. The number of carbonyl (C=O) groups is 1. The number of carbonyl (C=O) groups excluding carboxylic acids is 1. The zero-order chi connectivity index (χ0) is 25.9. The Labute approximate surface area is 209 Å². The Morgan fingerprint density at radius 3 is 2.46 bits per heavy atom. The number of imidazole rings is 1. The van der Waals surface area contributed by atoms with Crippen LogP contribution in [0.3, 0.4) is 0 Å². The zero-order valence-electron chi connectivity index (χ0n) is 19.3. The molecule has 188 valence electrons. The first-order valence-corrected chi connectivity index (χ1v) is 11.7. The number of hydrogen-bond acceptors (Lipinski definition) is 3. The number of hydrogen-bond donors (Lipinski definition) is 2. The monoisotopic (exact) mass is 506 g/mol. The molecule has 0 radical (unpaired) electrons. The lowest BCUT2D eigenvalue weighted by molar-refractivity contribution is -0.137. The highest BCUT2D eigenvalue weighted by molar-refractivity contribution is 5.95. The lowest BCUT2D eigenvalue weighted by atomic mass is 10.0. The number of para-hydroxylation sites is 1. The Bertz CT molecular complexity index is 1580. The first-order chi connectivity index (χ1) is 17.7. The minimum atomic E-state index is -4.60. The maximum Gasteiger partial charge on any atom is 0.416 e. The van der Waals surface area contributed by atoms with E-state index in [-0.39, 0.29) is 30.0 Å². The molecule has 1 saturated heterocycles. The smallest absolute Gasteiger partial charge is 0.416 e. The second-order valence-corrected chi connectivity index (χ2v) is 9.14. The van der Waals surface area contributed by atoms with Crippen molar-refractivity contribution in [2.45, 2.75) is 24.7 Å². The number of benzene rings is 3. The molecule has 1 aromatic heterocycles. The summed E-state index contributed by atoms with van der Waals surface area (Å²) in [6.07, 6.45) is -4.16. The first-order valence-electron chi connectivity index (χ1n) is 11.7. The molecular weight excluding hydrogens is 485 g/mol. The number of urea groups is 1. The molecule has 1 fully saturated rings. The van der Waals surface area contributed by atoms with Crippen LogP contribution in [-0.2, 0) is 6.18 Å². The van der Waals surface area contributed by atoms with Crippen molar-refractivity contribution in [3.05, 3.63) is 101 Å². The van der Waals surface area contributed by atoms with Gasteiger partial charge in [-0.2, -0.15) is 13.2 Å². The van der Waals surface area contributed by atoms with Gasteiger partial charge in [-0.05, 0) is 36.2 Å². The summed E-state index contributed by atoms with van der Waals surface area (Å²) in [5, 5.41) is 13.9. The van der Waals surface area contributed by atoms with E-state index in [1.807, 2.05) is 48.5 Å². The largest absolute Gasteiger partial charge is 0.493 e. The predicted octanol–water partition coefficient (Wildman–Crippen LogP) is 5.56. The second-order valence-electron chi connectivity index (χ2n) is 9.14. The van der Waals surface area contributed by atoms with Crippen LogP contribution in [0.5, 0.6) is 5.88 Å². The fourth-order valence-corrected chi connectivity index (χ4v) is 5.37. The molecule has 2 aliphatic heterocycles. The Kier molecular flexibility index (Phi) is 5.15. The molecule has 2 atom stereocenters. The molecular formula is C27H21F3N4O3. The Hall–Kier alpha value is -4.47. The van der Waals surface area contributed by atoms with E-state index < -0.39 is 29.4 Å². The summed E-state index contributed by atoms with van der Waals surface area (Å²) in [6.45, 7) is 0.239. The molecule has 2 amide bonds. The van der Waals surface area contributed by atoms with Gasteiger partial charge in [-0.15, -0.1) is 0 Å². The molecule has 2 aliphatic rings. The predicted molar refractivity (Wildman–Crippen MR) is 131 cm³/mol. The summed E-state index contributed by atoms with van der Waals surface area (Å²) in [7, 11) is 0. The van der Waals surface area contributed by atoms with Crippen LogP contribution in [-0.4, -0.2) is 31.7 Å². The maximum atomic E-state index is 13.3. The third kappa shape index (κ3) is 3.67. The molecule has 0 spiro atoms. The first kappa shape index (κ1) is 23.0. The molecule has 3 heterocycles. The molecule has 10 heteroatoms. The standard InChI is InChI=1S/C27H21F3N4O3/c28-27(29,30)17-9-6-10-18(13-17)34-24(35)23-22-14-19(33(23)26(34)37)15-32(22)25(36)31-21-12-5-4-11-20(21)16-7-2-1-3-8-16/h1-13,19,22,35H,14-15H2,(H,31,36)/t19?,22-/m1/s1. The number of alkyl halides is 3. The number of anilines is 1. The van der Waals surface area contributed by atoms with Gasteiger partial charge < -0.3 is 15.3 Å². The lowest BCUT2D eigenvalue weighted by Crippen LogP contribution is -2.40. The summed E-state index contributed by atoms with van der Waals surface area (Å²) >= 11 is 0. The average molecular weight is 506 g/mol. The molecule has 37 heavy (non-hydrogen) atoms. The van der Waals surface area contributed by atoms with E-state index in [4.69, 9.17) is 0 Å². The number of nitrogens with zero attached hydrogens (tertiary/aromatic N) is 3. The number of likely N-dealkylation sites (tertiary alicyclic amines) is 1. The van der Waals surface area contributed by atoms with Crippen LogP contribution in [0.4, 0.5) is 23.7 Å². The Morgan fingerprint density at radius 1 is 0.973 bits per heavy atom. The van der Waals surface area contributed by atoms with E-state index >= 15 is 0 Å². The quantitative estimate of drug-likeness (QED) is 0.382. The number of aromatic hydroxyl groups is 1. The summed E-state index contributed by atoms with van der Waals surface area (Å²) in [5.41, 5.74) is 0.973. The lowest BCUT2D eigenvalue weighted by Gasteiger charge is -2.28.